The van der Waals surface area contributed by atoms with Crippen LogP contribution in [0, 0.1) is 11.8 Å². The molecule has 3 aromatic carbocycles. The summed E-state index contributed by atoms with van der Waals surface area (Å²) in [5.74, 6) is 4.18. The van der Waals surface area contributed by atoms with E-state index in [1.165, 1.54) is 17.2 Å². The van der Waals surface area contributed by atoms with Gasteiger partial charge in [0, 0.05) is 83.5 Å². The first-order chi connectivity index (χ1) is 28.4. The zero-order valence-electron chi connectivity index (χ0n) is 32.7. The number of benzene rings is 3. The molecule has 5 heterocycles. The molecule has 0 saturated carbocycles. The lowest BCUT2D eigenvalue weighted by atomic mass is 9.91. The number of aromatic amines is 1. The van der Waals surface area contributed by atoms with Gasteiger partial charge >= 0.3 is 0 Å². The fourth-order valence-corrected chi connectivity index (χ4v) is 8.27. The maximum absolute atomic E-state index is 14.8. The lowest BCUT2D eigenvalue weighted by Crippen LogP contribution is -2.52. The highest BCUT2D eigenvalue weighted by Crippen LogP contribution is 2.43. The molecular weight excluding hydrogens is 757 g/mol. The summed E-state index contributed by atoms with van der Waals surface area (Å²) >= 11 is 0. The number of nitrogens with one attached hydrogen (secondary N) is 4. The Balaban J connectivity index is 0.988. The Hall–Kier alpha value is -6.88. The fraction of sp³-hybridized carbons (Fsp3) is 0.289. The third-order valence-electron chi connectivity index (χ3n) is 11.3. The highest BCUT2D eigenvalue weighted by atomic mass is 19.3. The van der Waals surface area contributed by atoms with Gasteiger partial charge in [0.1, 0.15) is 11.7 Å². The van der Waals surface area contributed by atoms with E-state index in [1.54, 1.807) is 49.6 Å². The zero-order valence-corrected chi connectivity index (χ0v) is 32.7. The molecule has 3 aliphatic rings. The van der Waals surface area contributed by atoms with Gasteiger partial charge in [-0.25, -0.2) is 8.78 Å². The molecule has 4 N–H and O–H groups in total. The van der Waals surface area contributed by atoms with Gasteiger partial charge in [-0.2, -0.15) is 0 Å². The number of pyridine rings is 1. The summed E-state index contributed by atoms with van der Waals surface area (Å²) in [6.07, 6.45) is 2.21. The van der Waals surface area contributed by atoms with Crippen LogP contribution in [-0.2, 0) is 22.6 Å². The fourth-order valence-electron chi connectivity index (χ4n) is 8.27. The number of hydrogen-bond donors (Lipinski definition) is 4. The minimum Gasteiger partial charge on any atom is -0.360 e. The molecule has 3 aliphatic heterocycles. The predicted octanol–water partition coefficient (Wildman–Crippen LogP) is 6.28. The number of aromatic nitrogens is 2. The van der Waals surface area contributed by atoms with Gasteiger partial charge in [0.2, 0.25) is 11.8 Å². The maximum atomic E-state index is 14.8. The number of alkyl halides is 2. The second-order valence-corrected chi connectivity index (χ2v) is 15.2. The zero-order chi connectivity index (χ0) is 41.5. The van der Waals surface area contributed by atoms with Gasteiger partial charge in [0.05, 0.1) is 12.1 Å². The van der Waals surface area contributed by atoms with Crippen molar-refractivity contribution in [2.24, 2.45) is 0 Å². The van der Waals surface area contributed by atoms with Crippen molar-refractivity contribution >= 4 is 51.8 Å². The lowest BCUT2D eigenvalue weighted by molar-refractivity contribution is -0.136. The predicted molar refractivity (Wildman–Crippen MR) is 217 cm³/mol. The number of rotatable bonds is 8. The Kier molecular flexibility index (Phi) is 10.4. The van der Waals surface area contributed by atoms with E-state index in [4.69, 9.17) is 0 Å². The molecule has 8 rings (SSSR count). The molecule has 300 valence electrons. The van der Waals surface area contributed by atoms with Crippen LogP contribution < -0.4 is 20.9 Å². The second kappa shape index (κ2) is 15.8. The number of anilines is 2. The van der Waals surface area contributed by atoms with Crippen LogP contribution in [0.2, 0.25) is 0 Å². The highest BCUT2D eigenvalue weighted by Gasteiger charge is 2.39. The quantitative estimate of drug-likeness (QED) is 0.106. The largest absolute Gasteiger partial charge is 0.360 e. The van der Waals surface area contributed by atoms with Gasteiger partial charge in [-0.15, -0.1) is 0 Å². The smallest absolute Gasteiger partial charge is 0.270 e. The number of halogens is 2. The van der Waals surface area contributed by atoms with Crippen molar-refractivity contribution in [1.82, 2.24) is 30.8 Å². The number of hydrogen-bond acceptors (Lipinski definition) is 7. The van der Waals surface area contributed by atoms with Crippen molar-refractivity contribution in [3.05, 3.63) is 112 Å². The van der Waals surface area contributed by atoms with Crippen LogP contribution in [0.15, 0.2) is 67.0 Å². The van der Waals surface area contributed by atoms with E-state index in [1.807, 2.05) is 6.07 Å². The first-order valence-electron chi connectivity index (χ1n) is 19.5. The number of H-pyrrole nitrogens is 1. The van der Waals surface area contributed by atoms with E-state index in [-0.39, 0.29) is 60.8 Å². The SMILES string of the molecule is CNC(=O)c1c[nH]c2c(C(C)C)cc(N3CCCc4cc(-c5ccc(C(=O)NCC#Cc6cccc7c6CN(C6CCC(=O)NC6=O)C7=O)nc5)c(C(F)F)cc43)cc12. The highest BCUT2D eigenvalue weighted by molar-refractivity contribution is 6.09. The molecule has 0 aliphatic carbocycles. The lowest BCUT2D eigenvalue weighted by Gasteiger charge is -2.33. The monoisotopic (exact) mass is 797 g/mol. The average Bonchev–Trinajstić information content (AvgIpc) is 3.82. The first-order valence-corrected chi connectivity index (χ1v) is 19.5. The molecule has 12 nitrogen and oxygen atoms in total. The van der Waals surface area contributed by atoms with Crippen molar-refractivity contribution < 1.29 is 32.8 Å². The molecule has 1 unspecified atom stereocenters. The third-order valence-corrected chi connectivity index (χ3v) is 11.3. The summed E-state index contributed by atoms with van der Waals surface area (Å²) in [5, 5.41) is 8.47. The van der Waals surface area contributed by atoms with Crippen LogP contribution >= 0.6 is 0 Å². The number of carbonyl (C=O) groups is 5. The van der Waals surface area contributed by atoms with E-state index in [2.05, 4.69) is 62.6 Å². The molecule has 59 heavy (non-hydrogen) atoms. The number of fused-ring (bicyclic) bond motifs is 3. The first kappa shape index (κ1) is 39.0. The van der Waals surface area contributed by atoms with Gasteiger partial charge in [-0.05, 0) is 89.9 Å². The van der Waals surface area contributed by atoms with Crippen LogP contribution in [0.25, 0.3) is 22.0 Å². The van der Waals surface area contributed by atoms with E-state index < -0.39 is 24.3 Å². The van der Waals surface area contributed by atoms with Crippen LogP contribution in [0.3, 0.4) is 0 Å². The van der Waals surface area contributed by atoms with E-state index in [9.17, 15) is 32.8 Å². The molecule has 2 aromatic heterocycles. The Morgan fingerprint density at radius 1 is 1.00 bits per heavy atom. The summed E-state index contributed by atoms with van der Waals surface area (Å²) in [4.78, 5) is 74.1. The summed E-state index contributed by atoms with van der Waals surface area (Å²) in [7, 11) is 1.58. The minimum absolute atomic E-state index is 0.0314. The molecule has 1 saturated heterocycles. The van der Waals surface area contributed by atoms with Crippen molar-refractivity contribution in [2.45, 2.75) is 64.5 Å². The molecule has 1 atom stereocenters. The average molecular weight is 798 g/mol. The van der Waals surface area contributed by atoms with Crippen LogP contribution in [-0.4, -0.2) is 70.6 Å². The Morgan fingerprint density at radius 2 is 1.83 bits per heavy atom. The van der Waals surface area contributed by atoms with Crippen LogP contribution in [0.5, 0.6) is 0 Å². The normalized spacial score (nSPS) is 16.2. The van der Waals surface area contributed by atoms with Gasteiger partial charge < -0.3 is 25.4 Å². The third kappa shape index (κ3) is 7.28. The van der Waals surface area contributed by atoms with Crippen molar-refractivity contribution in [2.75, 3.05) is 25.0 Å². The molecule has 0 bridgehead atoms. The van der Waals surface area contributed by atoms with Crippen molar-refractivity contribution in [3.8, 4) is 23.0 Å². The summed E-state index contributed by atoms with van der Waals surface area (Å²) in [5.41, 5.74) is 7.22. The summed E-state index contributed by atoms with van der Waals surface area (Å²) < 4.78 is 29.7. The van der Waals surface area contributed by atoms with Crippen molar-refractivity contribution in [1.29, 1.82) is 0 Å². The Labute approximate surface area is 338 Å². The van der Waals surface area contributed by atoms with Gasteiger partial charge in [0.15, 0.2) is 0 Å². The molecule has 5 amide bonds. The van der Waals surface area contributed by atoms with Crippen LogP contribution in [0.1, 0.15) is 104 Å². The minimum atomic E-state index is -2.79. The van der Waals surface area contributed by atoms with E-state index in [0.717, 1.165) is 34.1 Å². The number of nitrogens with zero attached hydrogens (tertiary/aromatic N) is 3. The number of amides is 5. The van der Waals surface area contributed by atoms with Gasteiger partial charge in [-0.3, -0.25) is 34.3 Å². The molecule has 5 aromatic rings. The maximum Gasteiger partial charge on any atom is 0.270 e. The van der Waals surface area contributed by atoms with Crippen LogP contribution in [0.4, 0.5) is 20.2 Å². The van der Waals surface area contributed by atoms with E-state index >= 15 is 0 Å². The van der Waals surface area contributed by atoms with Crippen molar-refractivity contribution in [3.63, 3.8) is 0 Å². The number of aryl methyl sites for hydroxylation is 1. The molecular formula is C45H41F2N7O5. The molecule has 14 heteroatoms. The summed E-state index contributed by atoms with van der Waals surface area (Å²) in [6.45, 7) is 4.91. The second-order valence-electron chi connectivity index (χ2n) is 15.2. The Morgan fingerprint density at radius 3 is 2.56 bits per heavy atom. The molecule has 0 radical (unpaired) electrons. The molecule has 0 spiro atoms. The Bertz CT molecular complexity index is 2620. The number of carbonyl (C=O) groups excluding carboxylic acids is 5. The topological polar surface area (TPSA) is 157 Å². The van der Waals surface area contributed by atoms with E-state index in [0.29, 0.717) is 52.0 Å². The molecule has 1 fully saturated rings. The van der Waals surface area contributed by atoms with Gasteiger partial charge in [-0.1, -0.05) is 37.8 Å². The standard InChI is InChI=1S/C45H41F2N7O5/c1-24(2)30-18-28(19-32-34(42(56)48-3)22-51-40(30)32)53-16-6-9-26-17-31(33(41(46)47)20-38(26)53)27-11-12-36(50-21-27)43(57)49-15-5-8-25-7-4-10-29-35(25)23-54(45(29)59)37-13-14-39(55)52-44(37)58/h4,7,10-12,17-22,24,37,41,51H,6,9,13-16,23H2,1-3H3,(H,48,56)(H,49,57)(H,52,55,58). The van der Waals surface area contributed by atoms with Gasteiger partial charge in [0.25, 0.3) is 24.1 Å². The number of imide groups is 1. The summed E-state index contributed by atoms with van der Waals surface area (Å²) in [6, 6.07) is 14.8. The number of piperidine rings is 1.